The van der Waals surface area contributed by atoms with Crippen LogP contribution in [0.4, 0.5) is 5.69 Å². The maximum atomic E-state index is 11.8. The van der Waals surface area contributed by atoms with Crippen LogP contribution in [-0.2, 0) is 9.59 Å². The maximum Gasteiger partial charge on any atom is 0.313 e. The summed E-state index contributed by atoms with van der Waals surface area (Å²) in [6, 6.07) is 5.58. The summed E-state index contributed by atoms with van der Waals surface area (Å²) in [6.07, 6.45) is 1.94. The largest absolute Gasteiger partial charge is 0.388 e. The van der Waals surface area contributed by atoms with Crippen LogP contribution in [0.2, 0.25) is 0 Å². The van der Waals surface area contributed by atoms with Crippen molar-refractivity contribution >= 4 is 17.5 Å². The number of rotatable bonds is 4. The van der Waals surface area contributed by atoms with Crippen LogP contribution in [0.5, 0.6) is 0 Å². The number of anilines is 1. The number of hydrogen-bond donors (Lipinski definition) is 3. The molecular formula is C16H22N2O3. The normalized spacial score (nSPS) is 17.0. The third kappa shape index (κ3) is 4.04. The van der Waals surface area contributed by atoms with Crippen molar-refractivity contribution in [1.29, 1.82) is 0 Å². The van der Waals surface area contributed by atoms with Crippen molar-refractivity contribution in [1.82, 2.24) is 5.32 Å². The van der Waals surface area contributed by atoms with Gasteiger partial charge in [-0.1, -0.05) is 17.7 Å². The third-order valence-corrected chi connectivity index (χ3v) is 3.90. The van der Waals surface area contributed by atoms with Crippen molar-refractivity contribution in [3.05, 3.63) is 29.3 Å². The average molecular weight is 290 g/mol. The molecule has 1 atom stereocenters. The Bertz CT molecular complexity index is 563. The summed E-state index contributed by atoms with van der Waals surface area (Å²) in [5.41, 5.74) is 1.68. The van der Waals surface area contributed by atoms with Gasteiger partial charge in [-0.15, -0.1) is 0 Å². The quantitative estimate of drug-likeness (QED) is 0.736. The Morgan fingerprint density at radius 3 is 2.52 bits per heavy atom. The molecule has 0 radical (unpaired) electrons. The van der Waals surface area contributed by atoms with Crippen LogP contribution in [-0.4, -0.2) is 29.1 Å². The van der Waals surface area contributed by atoms with Gasteiger partial charge in [0.1, 0.15) is 0 Å². The maximum absolute atomic E-state index is 11.8. The van der Waals surface area contributed by atoms with Crippen molar-refractivity contribution in [3.8, 4) is 0 Å². The van der Waals surface area contributed by atoms with E-state index < -0.39 is 17.4 Å². The molecule has 0 aromatic heterocycles. The Labute approximate surface area is 124 Å². The van der Waals surface area contributed by atoms with E-state index in [1.54, 1.807) is 13.0 Å². The van der Waals surface area contributed by atoms with E-state index in [9.17, 15) is 14.7 Å². The lowest BCUT2D eigenvalue weighted by Crippen LogP contribution is -2.45. The highest BCUT2D eigenvalue weighted by Crippen LogP contribution is 2.38. The van der Waals surface area contributed by atoms with Gasteiger partial charge in [0.05, 0.1) is 5.60 Å². The smallest absolute Gasteiger partial charge is 0.313 e. The zero-order valence-electron chi connectivity index (χ0n) is 12.7. The van der Waals surface area contributed by atoms with Crippen LogP contribution in [0.15, 0.2) is 18.2 Å². The van der Waals surface area contributed by atoms with E-state index in [0.717, 1.165) is 24.0 Å². The molecule has 2 amide bonds. The molecule has 0 saturated heterocycles. The third-order valence-electron chi connectivity index (χ3n) is 3.90. The fourth-order valence-corrected chi connectivity index (χ4v) is 2.32. The van der Waals surface area contributed by atoms with E-state index in [1.165, 1.54) is 0 Å². The Balaban J connectivity index is 1.89. The van der Waals surface area contributed by atoms with Crippen LogP contribution in [0.1, 0.15) is 30.9 Å². The molecule has 2 rings (SSSR count). The van der Waals surface area contributed by atoms with Crippen LogP contribution >= 0.6 is 0 Å². The van der Waals surface area contributed by atoms with Gasteiger partial charge < -0.3 is 15.7 Å². The number of aryl methyl sites for hydroxylation is 2. The van der Waals surface area contributed by atoms with Gasteiger partial charge in [-0.3, -0.25) is 9.59 Å². The summed E-state index contributed by atoms with van der Waals surface area (Å²) in [7, 11) is 0. The zero-order chi connectivity index (χ0) is 15.6. The van der Waals surface area contributed by atoms with E-state index in [1.807, 2.05) is 26.0 Å². The molecule has 0 bridgehead atoms. The summed E-state index contributed by atoms with van der Waals surface area (Å²) in [4.78, 5) is 23.6. The molecule has 1 unspecified atom stereocenters. The fraction of sp³-hybridized carbons (Fsp3) is 0.500. The fourth-order valence-electron chi connectivity index (χ4n) is 2.32. The van der Waals surface area contributed by atoms with Crippen molar-refractivity contribution in [2.45, 2.75) is 39.2 Å². The van der Waals surface area contributed by atoms with Crippen molar-refractivity contribution in [2.24, 2.45) is 5.92 Å². The molecule has 3 N–H and O–H groups in total. The summed E-state index contributed by atoms with van der Waals surface area (Å²) in [6.45, 7) is 5.62. The predicted molar refractivity (Wildman–Crippen MR) is 80.9 cm³/mol. The molecule has 5 heteroatoms. The minimum absolute atomic E-state index is 0.0940. The molecule has 0 spiro atoms. The molecule has 0 heterocycles. The van der Waals surface area contributed by atoms with Crippen molar-refractivity contribution in [3.63, 3.8) is 0 Å². The highest BCUT2D eigenvalue weighted by molar-refractivity contribution is 6.39. The van der Waals surface area contributed by atoms with Gasteiger partial charge in [-0.05, 0) is 51.2 Å². The molecule has 1 saturated carbocycles. The molecular weight excluding hydrogens is 268 g/mol. The Hall–Kier alpha value is -1.88. The Kier molecular flexibility index (Phi) is 4.32. The predicted octanol–water partition coefficient (Wildman–Crippen LogP) is 1.52. The lowest BCUT2D eigenvalue weighted by Gasteiger charge is -2.23. The minimum atomic E-state index is -0.935. The minimum Gasteiger partial charge on any atom is -0.388 e. The average Bonchev–Trinajstić information content (AvgIpc) is 3.24. The van der Waals surface area contributed by atoms with E-state index in [0.29, 0.717) is 5.69 Å². The number of aliphatic hydroxyl groups is 1. The zero-order valence-corrected chi connectivity index (χ0v) is 12.7. The van der Waals surface area contributed by atoms with Crippen LogP contribution in [0.3, 0.4) is 0 Å². The van der Waals surface area contributed by atoms with Crippen LogP contribution < -0.4 is 10.6 Å². The highest BCUT2D eigenvalue weighted by Gasteiger charge is 2.40. The van der Waals surface area contributed by atoms with E-state index >= 15 is 0 Å². The molecule has 1 aliphatic rings. The summed E-state index contributed by atoms with van der Waals surface area (Å²) >= 11 is 0. The van der Waals surface area contributed by atoms with Gasteiger partial charge in [0.2, 0.25) is 0 Å². The second-order valence-corrected chi connectivity index (χ2v) is 6.09. The number of carbonyl (C=O) groups excluding carboxylic acids is 2. The molecule has 21 heavy (non-hydrogen) atoms. The standard InChI is InChI=1S/C16H22N2O3/c1-10-4-7-13(11(2)8-10)18-15(20)14(19)17-9-16(3,21)12-5-6-12/h4,7-8,12,21H,5-6,9H2,1-3H3,(H,17,19)(H,18,20). The number of hydrogen-bond acceptors (Lipinski definition) is 3. The van der Waals surface area contributed by atoms with Gasteiger partial charge in [0, 0.05) is 12.2 Å². The molecule has 5 nitrogen and oxygen atoms in total. The van der Waals surface area contributed by atoms with Gasteiger partial charge in [0.15, 0.2) is 0 Å². The van der Waals surface area contributed by atoms with Crippen LogP contribution in [0, 0.1) is 19.8 Å². The molecule has 1 aliphatic carbocycles. The summed E-state index contributed by atoms with van der Waals surface area (Å²) < 4.78 is 0. The second-order valence-electron chi connectivity index (χ2n) is 6.09. The number of amides is 2. The lowest BCUT2D eigenvalue weighted by molar-refractivity contribution is -0.136. The van der Waals surface area contributed by atoms with E-state index in [4.69, 9.17) is 0 Å². The topological polar surface area (TPSA) is 78.4 Å². The SMILES string of the molecule is Cc1ccc(NC(=O)C(=O)NCC(C)(O)C2CC2)c(C)c1. The first kappa shape index (κ1) is 15.5. The number of nitrogens with one attached hydrogen (secondary N) is 2. The second kappa shape index (κ2) is 5.85. The molecule has 1 aromatic carbocycles. The van der Waals surface area contributed by atoms with E-state index in [-0.39, 0.29) is 12.5 Å². The van der Waals surface area contributed by atoms with Gasteiger partial charge in [-0.25, -0.2) is 0 Å². The van der Waals surface area contributed by atoms with Gasteiger partial charge in [-0.2, -0.15) is 0 Å². The first-order valence-corrected chi connectivity index (χ1v) is 7.18. The lowest BCUT2D eigenvalue weighted by atomic mass is 10.0. The Morgan fingerprint density at radius 1 is 1.29 bits per heavy atom. The number of carbonyl (C=O) groups is 2. The van der Waals surface area contributed by atoms with Crippen molar-refractivity contribution < 1.29 is 14.7 Å². The molecule has 114 valence electrons. The van der Waals surface area contributed by atoms with Gasteiger partial charge >= 0.3 is 11.8 Å². The first-order valence-electron chi connectivity index (χ1n) is 7.18. The number of benzene rings is 1. The molecule has 0 aliphatic heterocycles. The van der Waals surface area contributed by atoms with Gasteiger partial charge in [0.25, 0.3) is 0 Å². The van der Waals surface area contributed by atoms with Crippen LogP contribution in [0.25, 0.3) is 0 Å². The monoisotopic (exact) mass is 290 g/mol. The first-order chi connectivity index (χ1) is 9.79. The van der Waals surface area contributed by atoms with E-state index in [2.05, 4.69) is 10.6 Å². The Morgan fingerprint density at radius 2 is 1.95 bits per heavy atom. The highest BCUT2D eigenvalue weighted by atomic mass is 16.3. The summed E-state index contributed by atoms with van der Waals surface area (Å²) in [5, 5.41) is 15.2. The molecule has 1 fully saturated rings. The summed E-state index contributed by atoms with van der Waals surface area (Å²) in [5.74, 6) is -1.22. The molecule has 1 aromatic rings. The van der Waals surface area contributed by atoms with Crippen molar-refractivity contribution in [2.75, 3.05) is 11.9 Å².